The highest BCUT2D eigenvalue weighted by atomic mass is 16.6. The van der Waals surface area contributed by atoms with Gasteiger partial charge >= 0.3 is 6.09 Å². The molecule has 1 aliphatic rings. The van der Waals surface area contributed by atoms with Crippen LogP contribution >= 0.6 is 0 Å². The first-order valence-corrected chi connectivity index (χ1v) is 9.41. The Balaban J connectivity index is 1.85. The van der Waals surface area contributed by atoms with Crippen molar-refractivity contribution in [2.75, 3.05) is 12.4 Å². The maximum absolute atomic E-state index is 13.0. The molecule has 154 valence electrons. The van der Waals surface area contributed by atoms with Gasteiger partial charge in [-0.25, -0.2) is 4.79 Å². The first kappa shape index (κ1) is 20.5. The van der Waals surface area contributed by atoms with Gasteiger partial charge in [-0.3, -0.25) is 9.69 Å². The van der Waals surface area contributed by atoms with Crippen LogP contribution in [0.25, 0.3) is 0 Å². The van der Waals surface area contributed by atoms with Crippen molar-refractivity contribution in [1.82, 2.24) is 4.90 Å². The fourth-order valence-corrected chi connectivity index (χ4v) is 3.22. The number of carbonyl (C=O) groups excluding carboxylic acids is 2. The number of phenols is 1. The molecule has 0 radical (unpaired) electrons. The molecule has 2 N–H and O–H groups in total. The first-order valence-electron chi connectivity index (χ1n) is 9.41. The summed E-state index contributed by atoms with van der Waals surface area (Å²) in [5.74, 6) is 0.499. The molecular formula is C22H26N2O5. The van der Waals surface area contributed by atoms with Gasteiger partial charge in [0.1, 0.15) is 23.1 Å². The highest BCUT2D eigenvalue weighted by molar-refractivity contribution is 5.97. The molecule has 29 heavy (non-hydrogen) atoms. The lowest BCUT2D eigenvalue weighted by atomic mass is 9.93. The number of nitrogens with zero attached hydrogens (tertiary/aromatic N) is 1. The van der Waals surface area contributed by atoms with E-state index in [1.165, 1.54) is 4.90 Å². The standard InChI is InChI=1S/C22H26N2O5/c1-22(2,3)29-21(27)24-13-15-11-17(25)8-5-14(15)12-19(24)20(26)23-16-6-9-18(28-4)10-7-16/h5-11,19,25H,12-13H2,1-4H3,(H,23,26)/t19-/m0/s1. The fourth-order valence-electron chi connectivity index (χ4n) is 3.22. The minimum atomic E-state index is -0.732. The van der Waals surface area contributed by atoms with E-state index in [4.69, 9.17) is 9.47 Å². The number of hydrogen-bond donors (Lipinski definition) is 2. The zero-order valence-electron chi connectivity index (χ0n) is 17.1. The molecule has 0 spiro atoms. The zero-order chi connectivity index (χ0) is 21.2. The molecular weight excluding hydrogens is 372 g/mol. The van der Waals surface area contributed by atoms with E-state index in [2.05, 4.69) is 5.32 Å². The van der Waals surface area contributed by atoms with Crippen LogP contribution < -0.4 is 10.1 Å². The zero-order valence-corrected chi connectivity index (χ0v) is 17.1. The number of anilines is 1. The van der Waals surface area contributed by atoms with Crippen molar-refractivity contribution in [3.8, 4) is 11.5 Å². The predicted octanol–water partition coefficient (Wildman–Crippen LogP) is 3.70. The van der Waals surface area contributed by atoms with Gasteiger partial charge in [0.25, 0.3) is 0 Å². The van der Waals surface area contributed by atoms with E-state index in [1.807, 2.05) is 0 Å². The molecule has 3 rings (SSSR count). The maximum Gasteiger partial charge on any atom is 0.411 e. The third kappa shape index (κ3) is 4.99. The monoisotopic (exact) mass is 398 g/mol. The normalized spacial score (nSPS) is 16.0. The van der Waals surface area contributed by atoms with Crippen LogP contribution in [0.4, 0.5) is 10.5 Å². The smallest absolute Gasteiger partial charge is 0.411 e. The summed E-state index contributed by atoms with van der Waals surface area (Å²) in [4.78, 5) is 27.3. The Bertz CT molecular complexity index is 902. The number of phenolic OH excluding ortho intramolecular Hbond substituents is 1. The molecule has 0 saturated heterocycles. The fraction of sp³-hybridized carbons (Fsp3) is 0.364. The third-order valence-corrected chi connectivity index (χ3v) is 4.61. The van der Waals surface area contributed by atoms with Gasteiger partial charge in [0, 0.05) is 12.1 Å². The Morgan fingerprint density at radius 3 is 2.41 bits per heavy atom. The molecule has 0 bridgehead atoms. The molecule has 2 aromatic rings. The summed E-state index contributed by atoms with van der Waals surface area (Å²) in [6.45, 7) is 5.52. The molecule has 7 heteroatoms. The van der Waals surface area contributed by atoms with Gasteiger partial charge in [0.15, 0.2) is 0 Å². The lowest BCUT2D eigenvalue weighted by Crippen LogP contribution is -2.52. The summed E-state index contributed by atoms with van der Waals surface area (Å²) in [7, 11) is 1.57. The molecule has 0 unspecified atom stereocenters. The predicted molar refractivity (Wildman–Crippen MR) is 109 cm³/mol. The van der Waals surface area contributed by atoms with Crippen LogP contribution in [0.15, 0.2) is 42.5 Å². The van der Waals surface area contributed by atoms with E-state index in [1.54, 1.807) is 70.3 Å². The lowest BCUT2D eigenvalue weighted by Gasteiger charge is -2.37. The number of ether oxygens (including phenoxy) is 2. The number of hydrogen-bond acceptors (Lipinski definition) is 5. The lowest BCUT2D eigenvalue weighted by molar-refractivity contribution is -0.121. The van der Waals surface area contributed by atoms with Gasteiger partial charge in [0.05, 0.1) is 13.7 Å². The van der Waals surface area contributed by atoms with Gasteiger partial charge in [-0.15, -0.1) is 0 Å². The van der Waals surface area contributed by atoms with Gasteiger partial charge in [-0.2, -0.15) is 0 Å². The average molecular weight is 398 g/mol. The van der Waals surface area contributed by atoms with Crippen LogP contribution in [0.1, 0.15) is 31.9 Å². The molecule has 0 aliphatic carbocycles. The molecule has 2 aromatic carbocycles. The van der Waals surface area contributed by atoms with E-state index >= 15 is 0 Å². The van der Waals surface area contributed by atoms with Crippen molar-refractivity contribution in [2.45, 2.75) is 45.4 Å². The quantitative estimate of drug-likeness (QED) is 0.823. The molecule has 2 amide bonds. The van der Waals surface area contributed by atoms with Crippen molar-refractivity contribution >= 4 is 17.7 Å². The topological polar surface area (TPSA) is 88.1 Å². The number of carbonyl (C=O) groups is 2. The SMILES string of the molecule is COc1ccc(NC(=O)[C@@H]2Cc3ccc(O)cc3CN2C(=O)OC(C)(C)C)cc1. The molecule has 0 fully saturated rings. The van der Waals surface area contributed by atoms with Gasteiger partial charge in [0.2, 0.25) is 5.91 Å². The van der Waals surface area contributed by atoms with Crippen LogP contribution in [-0.4, -0.2) is 40.8 Å². The summed E-state index contributed by atoms with van der Waals surface area (Å²) >= 11 is 0. The summed E-state index contributed by atoms with van der Waals surface area (Å²) in [6, 6.07) is 11.2. The van der Waals surface area contributed by atoms with Gasteiger partial charge in [-0.05, 0) is 68.3 Å². The number of rotatable bonds is 3. The second-order valence-electron chi connectivity index (χ2n) is 8.00. The number of aromatic hydroxyl groups is 1. The molecule has 1 aliphatic heterocycles. The van der Waals surface area contributed by atoms with E-state index in [9.17, 15) is 14.7 Å². The third-order valence-electron chi connectivity index (χ3n) is 4.61. The number of nitrogens with one attached hydrogen (secondary N) is 1. The molecule has 0 aromatic heterocycles. The summed E-state index contributed by atoms with van der Waals surface area (Å²) in [6.07, 6.45) is -0.238. The Hall–Kier alpha value is -3.22. The van der Waals surface area contributed by atoms with Gasteiger partial charge in [-0.1, -0.05) is 6.07 Å². The highest BCUT2D eigenvalue weighted by Crippen LogP contribution is 2.29. The van der Waals surface area contributed by atoms with E-state index < -0.39 is 17.7 Å². The number of methoxy groups -OCH3 is 1. The molecule has 7 nitrogen and oxygen atoms in total. The van der Waals surface area contributed by atoms with Crippen molar-refractivity contribution in [2.24, 2.45) is 0 Å². The van der Waals surface area contributed by atoms with Crippen LogP contribution in [0, 0.1) is 0 Å². The van der Waals surface area contributed by atoms with Crippen LogP contribution in [0.3, 0.4) is 0 Å². The molecule has 1 atom stereocenters. The second kappa shape index (κ2) is 8.03. The van der Waals surface area contributed by atoms with Crippen molar-refractivity contribution in [3.05, 3.63) is 53.6 Å². The van der Waals surface area contributed by atoms with Crippen LogP contribution in [0.2, 0.25) is 0 Å². The summed E-state index contributed by atoms with van der Waals surface area (Å²) in [5.41, 5.74) is 1.63. The van der Waals surface area contributed by atoms with Crippen LogP contribution in [0.5, 0.6) is 11.5 Å². The maximum atomic E-state index is 13.0. The summed E-state index contributed by atoms with van der Waals surface area (Å²) < 4.78 is 10.6. The van der Waals surface area contributed by atoms with Crippen molar-refractivity contribution in [3.63, 3.8) is 0 Å². The second-order valence-corrected chi connectivity index (χ2v) is 8.00. The van der Waals surface area contributed by atoms with Crippen molar-refractivity contribution in [1.29, 1.82) is 0 Å². The first-order chi connectivity index (χ1) is 13.7. The minimum Gasteiger partial charge on any atom is -0.508 e. The Morgan fingerprint density at radius 2 is 1.79 bits per heavy atom. The van der Waals surface area contributed by atoms with Crippen molar-refractivity contribution < 1.29 is 24.2 Å². The largest absolute Gasteiger partial charge is 0.508 e. The summed E-state index contributed by atoms with van der Waals surface area (Å²) in [5, 5.41) is 12.6. The van der Waals surface area contributed by atoms with E-state index in [0.717, 1.165) is 11.1 Å². The minimum absolute atomic E-state index is 0.119. The van der Waals surface area contributed by atoms with E-state index in [-0.39, 0.29) is 18.2 Å². The Labute approximate surface area is 170 Å². The van der Waals surface area contributed by atoms with E-state index in [0.29, 0.717) is 17.9 Å². The Kier molecular flexibility index (Phi) is 5.68. The number of benzene rings is 2. The highest BCUT2D eigenvalue weighted by Gasteiger charge is 2.37. The number of amides is 2. The Morgan fingerprint density at radius 1 is 1.10 bits per heavy atom. The van der Waals surface area contributed by atoms with Crippen LogP contribution in [-0.2, 0) is 22.5 Å². The number of fused-ring (bicyclic) bond motifs is 1. The molecule has 1 heterocycles. The molecule has 0 saturated carbocycles. The average Bonchev–Trinajstić information content (AvgIpc) is 2.66. The van der Waals surface area contributed by atoms with Gasteiger partial charge < -0.3 is 19.9 Å².